The van der Waals surface area contributed by atoms with Crippen LogP contribution in [0, 0.1) is 0 Å². The molecule has 1 saturated carbocycles. The van der Waals surface area contributed by atoms with Crippen molar-refractivity contribution in [2.24, 2.45) is 5.73 Å². The Kier molecular flexibility index (Phi) is 3.87. The van der Waals surface area contributed by atoms with Crippen LogP contribution in [0.25, 0.3) is 12.2 Å². The van der Waals surface area contributed by atoms with Gasteiger partial charge in [0.05, 0.1) is 11.4 Å². The molecule has 0 aliphatic heterocycles. The third-order valence-electron chi connectivity index (χ3n) is 3.63. The number of nitrogens with two attached hydrogens (primary N) is 1. The van der Waals surface area contributed by atoms with E-state index in [1.807, 2.05) is 23.6 Å². The molecular weight excluding hydrogens is 226 g/mol. The summed E-state index contributed by atoms with van der Waals surface area (Å²) >= 11 is 0. The molecule has 1 aliphatic rings. The van der Waals surface area contributed by atoms with Crippen LogP contribution in [0.5, 0.6) is 0 Å². The number of aromatic nitrogens is 2. The summed E-state index contributed by atoms with van der Waals surface area (Å²) in [6.45, 7) is 5.75. The van der Waals surface area contributed by atoms with Gasteiger partial charge in [-0.15, -0.1) is 0 Å². The molecule has 1 fully saturated rings. The summed E-state index contributed by atoms with van der Waals surface area (Å²) in [5, 5.41) is 0. The van der Waals surface area contributed by atoms with Crippen LogP contribution in [0.1, 0.15) is 50.0 Å². The van der Waals surface area contributed by atoms with Crippen molar-refractivity contribution in [3.05, 3.63) is 34.5 Å². The number of rotatable bonds is 3. The lowest BCUT2D eigenvalue weighted by molar-refractivity contribution is 0.317. The van der Waals surface area contributed by atoms with E-state index in [0.29, 0.717) is 0 Å². The van der Waals surface area contributed by atoms with Gasteiger partial charge in [-0.25, -0.2) is 4.79 Å². The zero-order chi connectivity index (χ0) is 13.1. The highest BCUT2D eigenvalue weighted by molar-refractivity contribution is 5.58. The first kappa shape index (κ1) is 12.9. The Morgan fingerprint density at radius 3 is 2.61 bits per heavy atom. The Labute approximate surface area is 107 Å². The quantitative estimate of drug-likeness (QED) is 0.860. The SMILES string of the molecule is C=Cc1c(/C=C\C)[nH]c(=O)n1C1CCC(N)CC1. The minimum Gasteiger partial charge on any atom is -0.328 e. The lowest BCUT2D eigenvalue weighted by Gasteiger charge is -2.27. The fraction of sp³-hybridized carbons (Fsp3) is 0.500. The zero-order valence-electron chi connectivity index (χ0n) is 10.9. The van der Waals surface area contributed by atoms with E-state index in [4.69, 9.17) is 5.73 Å². The Morgan fingerprint density at radius 2 is 2.06 bits per heavy atom. The molecule has 0 aromatic carbocycles. The summed E-state index contributed by atoms with van der Waals surface area (Å²) in [6.07, 6.45) is 9.48. The molecule has 0 spiro atoms. The molecule has 2 rings (SSSR count). The van der Waals surface area contributed by atoms with Crippen molar-refractivity contribution in [2.75, 3.05) is 0 Å². The predicted molar refractivity (Wildman–Crippen MR) is 75.3 cm³/mol. The summed E-state index contributed by atoms with van der Waals surface area (Å²) in [5.41, 5.74) is 7.59. The number of hydrogen-bond acceptors (Lipinski definition) is 2. The molecule has 0 atom stereocenters. The topological polar surface area (TPSA) is 63.8 Å². The minimum absolute atomic E-state index is 0.0431. The molecule has 3 N–H and O–H groups in total. The molecule has 4 heteroatoms. The zero-order valence-corrected chi connectivity index (χ0v) is 10.9. The van der Waals surface area contributed by atoms with Crippen molar-refractivity contribution < 1.29 is 0 Å². The first-order chi connectivity index (χ1) is 8.67. The monoisotopic (exact) mass is 247 g/mol. The van der Waals surface area contributed by atoms with Crippen LogP contribution in [-0.4, -0.2) is 15.6 Å². The molecule has 0 unspecified atom stereocenters. The highest BCUT2D eigenvalue weighted by atomic mass is 16.1. The van der Waals surface area contributed by atoms with Gasteiger partial charge in [-0.2, -0.15) is 0 Å². The lowest BCUT2D eigenvalue weighted by atomic mass is 9.91. The maximum absolute atomic E-state index is 12.1. The third kappa shape index (κ3) is 2.34. The van der Waals surface area contributed by atoms with Gasteiger partial charge in [0.2, 0.25) is 0 Å². The molecule has 0 amide bonds. The number of hydrogen-bond donors (Lipinski definition) is 2. The molecule has 0 bridgehead atoms. The Hall–Kier alpha value is -1.55. The van der Waals surface area contributed by atoms with E-state index < -0.39 is 0 Å². The third-order valence-corrected chi connectivity index (χ3v) is 3.63. The smallest absolute Gasteiger partial charge is 0.326 e. The van der Waals surface area contributed by atoms with Gasteiger partial charge in [0.15, 0.2) is 0 Å². The normalized spacial score (nSPS) is 24.6. The van der Waals surface area contributed by atoms with Crippen LogP contribution in [0.4, 0.5) is 0 Å². The van der Waals surface area contributed by atoms with E-state index in [2.05, 4.69) is 11.6 Å². The van der Waals surface area contributed by atoms with E-state index in [1.165, 1.54) is 0 Å². The van der Waals surface area contributed by atoms with E-state index in [9.17, 15) is 4.79 Å². The predicted octanol–water partition coefficient (Wildman–Crippen LogP) is 2.29. The van der Waals surface area contributed by atoms with E-state index in [-0.39, 0.29) is 17.8 Å². The summed E-state index contributed by atoms with van der Waals surface area (Å²) < 4.78 is 1.84. The van der Waals surface area contributed by atoms with Crippen molar-refractivity contribution in [2.45, 2.75) is 44.7 Å². The van der Waals surface area contributed by atoms with Crippen LogP contribution in [-0.2, 0) is 0 Å². The Bertz CT molecular complexity index is 502. The molecule has 1 aromatic heterocycles. The van der Waals surface area contributed by atoms with Gasteiger partial charge in [-0.05, 0) is 44.8 Å². The minimum atomic E-state index is -0.0431. The Morgan fingerprint density at radius 1 is 1.39 bits per heavy atom. The first-order valence-electron chi connectivity index (χ1n) is 6.52. The van der Waals surface area contributed by atoms with Crippen LogP contribution >= 0.6 is 0 Å². The number of nitrogens with zero attached hydrogens (tertiary/aromatic N) is 1. The summed E-state index contributed by atoms with van der Waals surface area (Å²) in [4.78, 5) is 15.0. The largest absolute Gasteiger partial charge is 0.328 e. The van der Waals surface area contributed by atoms with Crippen molar-refractivity contribution in [1.82, 2.24) is 9.55 Å². The van der Waals surface area contributed by atoms with Crippen molar-refractivity contribution in [3.63, 3.8) is 0 Å². The van der Waals surface area contributed by atoms with Crippen LogP contribution in [0.2, 0.25) is 0 Å². The number of H-pyrrole nitrogens is 1. The number of nitrogens with one attached hydrogen (secondary N) is 1. The first-order valence-corrected chi connectivity index (χ1v) is 6.52. The molecule has 0 radical (unpaired) electrons. The maximum Gasteiger partial charge on any atom is 0.326 e. The summed E-state index contributed by atoms with van der Waals surface area (Å²) in [7, 11) is 0. The highest BCUT2D eigenvalue weighted by Crippen LogP contribution is 2.28. The summed E-state index contributed by atoms with van der Waals surface area (Å²) in [5.74, 6) is 0. The van der Waals surface area contributed by atoms with Gasteiger partial charge in [0.25, 0.3) is 0 Å². The molecule has 0 saturated heterocycles. The van der Waals surface area contributed by atoms with E-state index >= 15 is 0 Å². The highest BCUT2D eigenvalue weighted by Gasteiger charge is 2.23. The average molecular weight is 247 g/mol. The van der Waals surface area contributed by atoms with Gasteiger partial charge in [-0.3, -0.25) is 4.57 Å². The van der Waals surface area contributed by atoms with Gasteiger partial charge in [0.1, 0.15) is 0 Å². The second-order valence-corrected chi connectivity index (χ2v) is 4.87. The second kappa shape index (κ2) is 5.40. The molecule has 1 aliphatic carbocycles. The van der Waals surface area contributed by atoms with Crippen LogP contribution < -0.4 is 11.4 Å². The lowest BCUT2D eigenvalue weighted by Crippen LogP contribution is -2.31. The van der Waals surface area contributed by atoms with Crippen LogP contribution in [0.15, 0.2) is 17.4 Å². The van der Waals surface area contributed by atoms with Crippen LogP contribution in [0.3, 0.4) is 0 Å². The molecule has 18 heavy (non-hydrogen) atoms. The van der Waals surface area contributed by atoms with Crippen molar-refractivity contribution >= 4 is 12.2 Å². The van der Waals surface area contributed by atoms with Gasteiger partial charge >= 0.3 is 5.69 Å². The molecule has 98 valence electrons. The van der Waals surface area contributed by atoms with Gasteiger partial charge in [0, 0.05) is 12.1 Å². The van der Waals surface area contributed by atoms with Gasteiger partial charge in [-0.1, -0.05) is 12.7 Å². The summed E-state index contributed by atoms with van der Waals surface area (Å²) in [6, 6.07) is 0.540. The van der Waals surface area contributed by atoms with Gasteiger partial charge < -0.3 is 10.7 Å². The standard InChI is InChI=1S/C14H21N3O/c1-3-5-12-13(4-2)17(14(18)16-12)11-8-6-10(15)7-9-11/h3-5,10-11H,2,6-9,15H2,1H3,(H,16,18)/b5-3-. The fourth-order valence-corrected chi connectivity index (χ4v) is 2.70. The van der Waals surface area contributed by atoms with Crippen molar-refractivity contribution in [1.29, 1.82) is 0 Å². The number of aromatic amines is 1. The van der Waals surface area contributed by atoms with E-state index in [1.54, 1.807) is 6.08 Å². The van der Waals surface area contributed by atoms with Crippen molar-refractivity contribution in [3.8, 4) is 0 Å². The fourth-order valence-electron chi connectivity index (χ4n) is 2.70. The molecule has 1 aromatic rings. The molecule has 4 nitrogen and oxygen atoms in total. The molecular formula is C14H21N3O. The number of allylic oxidation sites excluding steroid dienone is 1. The maximum atomic E-state index is 12.1. The molecule has 1 heterocycles. The number of imidazole rings is 1. The average Bonchev–Trinajstić information content (AvgIpc) is 2.67. The Balaban J connectivity index is 2.38. The van der Waals surface area contributed by atoms with E-state index in [0.717, 1.165) is 37.1 Å². The second-order valence-electron chi connectivity index (χ2n) is 4.87.